The van der Waals surface area contributed by atoms with Gasteiger partial charge in [0.2, 0.25) is 0 Å². The highest BCUT2D eigenvalue weighted by molar-refractivity contribution is 6.31. The first-order valence-electron chi connectivity index (χ1n) is 14.6. The van der Waals surface area contributed by atoms with E-state index in [1.54, 1.807) is 12.1 Å². The molecule has 5 rings (SSSR count). The second kappa shape index (κ2) is 14.3. The SMILES string of the molecule is CCOc1ccc(Cc2cc(C3C[C@@H](OCc4ccccc4)C[C@@H](COCc4ccccc4)C3(F)F)ccc2Cl)cc1. The van der Waals surface area contributed by atoms with Crippen LogP contribution in [0.25, 0.3) is 0 Å². The molecule has 1 aliphatic carbocycles. The fraction of sp³-hybridized carbons (Fsp3) is 0.333. The van der Waals surface area contributed by atoms with Crippen molar-refractivity contribution in [2.45, 2.75) is 57.3 Å². The topological polar surface area (TPSA) is 27.7 Å². The third kappa shape index (κ3) is 7.77. The molecule has 0 amide bonds. The first-order chi connectivity index (χ1) is 20.4. The van der Waals surface area contributed by atoms with Crippen molar-refractivity contribution in [3.05, 3.63) is 136 Å². The van der Waals surface area contributed by atoms with Crippen LogP contribution in [0.4, 0.5) is 8.78 Å². The van der Waals surface area contributed by atoms with E-state index in [4.69, 9.17) is 25.8 Å². The molecular formula is C36H37ClF2O3. The second-order valence-corrected chi connectivity index (χ2v) is 11.3. The summed E-state index contributed by atoms with van der Waals surface area (Å²) in [4.78, 5) is 0. The predicted molar refractivity (Wildman–Crippen MR) is 163 cm³/mol. The van der Waals surface area contributed by atoms with Crippen molar-refractivity contribution in [3.8, 4) is 5.75 Å². The number of rotatable bonds is 12. The lowest BCUT2D eigenvalue weighted by Crippen LogP contribution is -2.46. The van der Waals surface area contributed by atoms with Crippen LogP contribution >= 0.6 is 11.6 Å². The minimum atomic E-state index is -2.98. The maximum absolute atomic E-state index is 16.3. The molecule has 3 atom stereocenters. The molecule has 1 unspecified atom stereocenters. The molecule has 220 valence electrons. The predicted octanol–water partition coefficient (Wildman–Crippen LogP) is 9.26. The molecule has 0 heterocycles. The summed E-state index contributed by atoms with van der Waals surface area (Å²) in [5.41, 5.74) is 4.41. The Hall–Kier alpha value is -3.25. The van der Waals surface area contributed by atoms with Gasteiger partial charge in [0.25, 0.3) is 5.92 Å². The maximum atomic E-state index is 16.3. The number of benzene rings is 4. The van der Waals surface area contributed by atoms with Gasteiger partial charge >= 0.3 is 0 Å². The first-order valence-corrected chi connectivity index (χ1v) is 14.9. The fourth-order valence-corrected chi connectivity index (χ4v) is 5.85. The molecule has 1 saturated carbocycles. The summed E-state index contributed by atoms with van der Waals surface area (Å²) in [5, 5.41) is 0.561. The Balaban J connectivity index is 1.36. The third-order valence-corrected chi connectivity index (χ3v) is 8.28. The molecule has 4 aromatic rings. The minimum absolute atomic E-state index is 0.0454. The van der Waals surface area contributed by atoms with Gasteiger partial charge in [-0.3, -0.25) is 0 Å². The van der Waals surface area contributed by atoms with Gasteiger partial charge in [0, 0.05) is 10.9 Å². The number of hydrogen-bond donors (Lipinski definition) is 0. The molecule has 3 nitrogen and oxygen atoms in total. The van der Waals surface area contributed by atoms with E-state index in [-0.39, 0.29) is 25.6 Å². The lowest BCUT2D eigenvalue weighted by atomic mass is 9.73. The van der Waals surface area contributed by atoms with Gasteiger partial charge in [0.1, 0.15) is 5.75 Å². The highest BCUT2D eigenvalue weighted by Gasteiger charge is 2.53. The van der Waals surface area contributed by atoms with Gasteiger partial charge in [0.15, 0.2) is 0 Å². The lowest BCUT2D eigenvalue weighted by molar-refractivity contribution is -0.161. The normalized spacial score (nSPS) is 19.9. The van der Waals surface area contributed by atoms with E-state index in [1.165, 1.54) is 0 Å². The molecular weight excluding hydrogens is 554 g/mol. The molecule has 0 saturated heterocycles. The highest BCUT2D eigenvalue weighted by Crippen LogP contribution is 2.49. The molecule has 1 fully saturated rings. The second-order valence-electron chi connectivity index (χ2n) is 10.9. The molecule has 0 radical (unpaired) electrons. The first kappa shape index (κ1) is 30.2. The average Bonchev–Trinajstić information content (AvgIpc) is 3.00. The number of alkyl halides is 2. The van der Waals surface area contributed by atoms with E-state index < -0.39 is 17.8 Å². The zero-order chi connectivity index (χ0) is 29.4. The maximum Gasteiger partial charge on any atom is 0.260 e. The zero-order valence-corrected chi connectivity index (χ0v) is 24.6. The minimum Gasteiger partial charge on any atom is -0.494 e. The van der Waals surface area contributed by atoms with Crippen molar-refractivity contribution in [2.24, 2.45) is 5.92 Å². The van der Waals surface area contributed by atoms with Crippen molar-refractivity contribution in [3.63, 3.8) is 0 Å². The highest BCUT2D eigenvalue weighted by atomic mass is 35.5. The van der Waals surface area contributed by atoms with Gasteiger partial charge in [0.05, 0.1) is 38.4 Å². The van der Waals surface area contributed by atoms with Gasteiger partial charge in [-0.1, -0.05) is 96.5 Å². The summed E-state index contributed by atoms with van der Waals surface area (Å²) in [6.07, 6.45) is 0.664. The van der Waals surface area contributed by atoms with Crippen LogP contribution in [0, 0.1) is 5.92 Å². The molecule has 1 aliphatic rings. The third-order valence-electron chi connectivity index (χ3n) is 7.92. The van der Waals surface area contributed by atoms with E-state index in [0.29, 0.717) is 36.8 Å². The van der Waals surface area contributed by atoms with Gasteiger partial charge in [-0.05, 0) is 72.2 Å². The molecule has 0 aliphatic heterocycles. The van der Waals surface area contributed by atoms with Crippen molar-refractivity contribution in [2.75, 3.05) is 13.2 Å². The van der Waals surface area contributed by atoms with Crippen molar-refractivity contribution < 1.29 is 23.0 Å². The monoisotopic (exact) mass is 590 g/mol. The van der Waals surface area contributed by atoms with Crippen LogP contribution in [-0.2, 0) is 29.1 Å². The van der Waals surface area contributed by atoms with Crippen molar-refractivity contribution in [1.82, 2.24) is 0 Å². The van der Waals surface area contributed by atoms with E-state index in [2.05, 4.69) is 0 Å². The number of ether oxygens (including phenoxy) is 3. The molecule has 4 aromatic carbocycles. The number of hydrogen-bond acceptors (Lipinski definition) is 3. The van der Waals surface area contributed by atoms with E-state index in [1.807, 2.05) is 97.9 Å². The van der Waals surface area contributed by atoms with Crippen LogP contribution in [0.15, 0.2) is 103 Å². The Morgan fingerprint density at radius 2 is 1.45 bits per heavy atom. The Morgan fingerprint density at radius 3 is 2.12 bits per heavy atom. The summed E-state index contributed by atoms with van der Waals surface area (Å²) in [6, 6.07) is 32.6. The Kier molecular flexibility index (Phi) is 10.3. The standard InChI is InChI=1S/C36H37ClF2O3/c1-2-41-32-16-13-26(14-17-32)19-30-20-29(15-18-35(30)37)34-22-33(42-24-28-11-7-4-8-12-28)21-31(36(34,38)39)25-40-23-27-9-5-3-6-10-27/h3-18,20,31,33-34H,2,19,21-25H2,1H3/t31-,33-,34?/m0/s1. The van der Waals surface area contributed by atoms with E-state index in [9.17, 15) is 0 Å². The molecule has 6 heteroatoms. The van der Waals surface area contributed by atoms with Gasteiger partial charge in [-0.25, -0.2) is 8.78 Å². The summed E-state index contributed by atoms with van der Waals surface area (Å²) in [6.45, 7) is 3.16. The summed E-state index contributed by atoms with van der Waals surface area (Å²) in [7, 11) is 0. The quantitative estimate of drug-likeness (QED) is 0.165. The molecule has 0 aromatic heterocycles. The molecule has 0 bridgehead atoms. The van der Waals surface area contributed by atoms with Gasteiger partial charge in [-0.2, -0.15) is 0 Å². The van der Waals surface area contributed by atoms with Crippen LogP contribution in [-0.4, -0.2) is 25.2 Å². The Morgan fingerprint density at radius 1 is 0.786 bits per heavy atom. The van der Waals surface area contributed by atoms with Crippen molar-refractivity contribution in [1.29, 1.82) is 0 Å². The molecule has 0 N–H and O–H groups in total. The van der Waals surface area contributed by atoms with Gasteiger partial charge < -0.3 is 14.2 Å². The van der Waals surface area contributed by atoms with E-state index in [0.717, 1.165) is 28.0 Å². The smallest absolute Gasteiger partial charge is 0.260 e. The zero-order valence-electron chi connectivity index (χ0n) is 23.9. The summed E-state index contributed by atoms with van der Waals surface area (Å²) >= 11 is 6.58. The van der Waals surface area contributed by atoms with Crippen LogP contribution in [0.2, 0.25) is 5.02 Å². The summed E-state index contributed by atoms with van der Waals surface area (Å²) < 4.78 is 50.2. The van der Waals surface area contributed by atoms with Crippen LogP contribution in [0.1, 0.15) is 53.5 Å². The Labute approximate surface area is 252 Å². The number of halogens is 3. The molecule has 0 spiro atoms. The van der Waals surface area contributed by atoms with Crippen LogP contribution in [0.5, 0.6) is 5.75 Å². The Bertz CT molecular complexity index is 1400. The fourth-order valence-electron chi connectivity index (χ4n) is 5.67. The summed E-state index contributed by atoms with van der Waals surface area (Å²) in [5.74, 6) is -4.18. The molecule has 42 heavy (non-hydrogen) atoms. The lowest BCUT2D eigenvalue weighted by Gasteiger charge is -2.42. The average molecular weight is 591 g/mol. The van der Waals surface area contributed by atoms with Gasteiger partial charge in [-0.15, -0.1) is 0 Å². The van der Waals surface area contributed by atoms with E-state index >= 15 is 8.78 Å². The largest absolute Gasteiger partial charge is 0.494 e. The van der Waals surface area contributed by atoms with Crippen molar-refractivity contribution >= 4 is 11.6 Å². The van der Waals surface area contributed by atoms with Crippen LogP contribution in [0.3, 0.4) is 0 Å². The van der Waals surface area contributed by atoms with Crippen LogP contribution < -0.4 is 4.74 Å².